The van der Waals surface area contributed by atoms with Gasteiger partial charge in [-0.1, -0.05) is 48.5 Å². The Balaban J connectivity index is 1.19. The van der Waals surface area contributed by atoms with Crippen molar-refractivity contribution in [3.63, 3.8) is 0 Å². The number of amides is 1. The first kappa shape index (κ1) is 23.7. The fourth-order valence-electron chi connectivity index (χ4n) is 4.93. The van der Waals surface area contributed by atoms with E-state index in [9.17, 15) is 4.79 Å². The van der Waals surface area contributed by atoms with Crippen molar-refractivity contribution in [3.05, 3.63) is 65.7 Å². The van der Waals surface area contributed by atoms with Crippen LogP contribution in [0, 0.1) is 0 Å². The molecule has 6 nitrogen and oxygen atoms in total. The second-order valence-corrected chi connectivity index (χ2v) is 9.20. The second kappa shape index (κ2) is 11.6. The Hall–Kier alpha value is -2.41. The van der Waals surface area contributed by atoms with E-state index in [1.807, 2.05) is 12.1 Å². The summed E-state index contributed by atoms with van der Waals surface area (Å²) in [4.78, 5) is 22.6. The monoisotopic (exact) mass is 450 g/mol. The van der Waals surface area contributed by atoms with Gasteiger partial charge in [-0.05, 0) is 25.0 Å². The molecule has 2 fully saturated rings. The zero-order chi connectivity index (χ0) is 23.0. The van der Waals surface area contributed by atoms with Gasteiger partial charge in [0.1, 0.15) is 5.75 Å². The molecule has 6 heteroatoms. The van der Waals surface area contributed by atoms with Crippen molar-refractivity contribution in [1.29, 1.82) is 0 Å². The SMILES string of the molecule is COc1ccccc1CN1CCN(C(=O)C(C)N2CCN(CCc3ccccc3)CC2)CC1. The van der Waals surface area contributed by atoms with Crippen LogP contribution in [0.5, 0.6) is 5.75 Å². The van der Waals surface area contributed by atoms with Crippen molar-refractivity contribution in [2.45, 2.75) is 25.9 Å². The van der Waals surface area contributed by atoms with Gasteiger partial charge in [0, 0.05) is 71.0 Å². The van der Waals surface area contributed by atoms with Gasteiger partial charge >= 0.3 is 0 Å². The van der Waals surface area contributed by atoms with E-state index >= 15 is 0 Å². The molecule has 2 aromatic rings. The lowest BCUT2D eigenvalue weighted by molar-refractivity contribution is -0.139. The second-order valence-electron chi connectivity index (χ2n) is 9.20. The summed E-state index contributed by atoms with van der Waals surface area (Å²) in [6.07, 6.45) is 1.09. The molecule has 0 bridgehead atoms. The minimum atomic E-state index is -0.0398. The highest BCUT2D eigenvalue weighted by Crippen LogP contribution is 2.20. The van der Waals surface area contributed by atoms with E-state index in [1.165, 1.54) is 11.1 Å². The molecule has 0 N–H and O–H groups in total. The topological polar surface area (TPSA) is 39.3 Å². The summed E-state index contributed by atoms with van der Waals surface area (Å²) in [5, 5.41) is 0. The minimum absolute atomic E-state index is 0.0398. The molecule has 0 saturated carbocycles. The Bertz CT molecular complexity index is 875. The minimum Gasteiger partial charge on any atom is -0.496 e. The number of carbonyl (C=O) groups excluding carboxylic acids is 1. The van der Waals surface area contributed by atoms with E-state index in [2.05, 4.69) is 69.0 Å². The zero-order valence-corrected chi connectivity index (χ0v) is 20.2. The average Bonchev–Trinajstić information content (AvgIpc) is 2.88. The van der Waals surface area contributed by atoms with Crippen molar-refractivity contribution in [1.82, 2.24) is 19.6 Å². The Morgan fingerprint density at radius 2 is 1.48 bits per heavy atom. The normalized spacial score (nSPS) is 19.4. The smallest absolute Gasteiger partial charge is 0.239 e. The summed E-state index contributed by atoms with van der Waals surface area (Å²) in [6.45, 7) is 11.5. The van der Waals surface area contributed by atoms with Crippen LogP contribution in [0.3, 0.4) is 0 Å². The summed E-state index contributed by atoms with van der Waals surface area (Å²) in [6, 6.07) is 18.8. The molecule has 2 aromatic carbocycles. The molecule has 2 aliphatic rings. The number of rotatable bonds is 8. The fraction of sp³-hybridized carbons (Fsp3) is 0.519. The van der Waals surface area contributed by atoms with Gasteiger partial charge in [-0.15, -0.1) is 0 Å². The van der Waals surface area contributed by atoms with Crippen LogP contribution in [0.4, 0.5) is 0 Å². The molecule has 4 rings (SSSR count). The van der Waals surface area contributed by atoms with Gasteiger partial charge in [-0.2, -0.15) is 0 Å². The van der Waals surface area contributed by atoms with Gasteiger partial charge in [-0.25, -0.2) is 0 Å². The molecule has 1 amide bonds. The molecule has 178 valence electrons. The first-order valence-electron chi connectivity index (χ1n) is 12.3. The van der Waals surface area contributed by atoms with Crippen LogP contribution in [0.25, 0.3) is 0 Å². The molecule has 1 atom stereocenters. The molecule has 0 aromatic heterocycles. The molecule has 0 radical (unpaired) electrons. The number of hydrogen-bond donors (Lipinski definition) is 0. The number of carbonyl (C=O) groups is 1. The van der Waals surface area contributed by atoms with E-state index in [1.54, 1.807) is 7.11 Å². The number of para-hydroxylation sites is 1. The number of nitrogens with zero attached hydrogens (tertiary/aromatic N) is 4. The number of methoxy groups -OCH3 is 1. The lowest BCUT2D eigenvalue weighted by Gasteiger charge is -2.41. The largest absolute Gasteiger partial charge is 0.496 e. The average molecular weight is 451 g/mol. The molecule has 2 saturated heterocycles. The molecule has 1 unspecified atom stereocenters. The predicted molar refractivity (Wildman–Crippen MR) is 132 cm³/mol. The number of piperazine rings is 2. The van der Waals surface area contributed by atoms with E-state index in [-0.39, 0.29) is 11.9 Å². The Labute approximate surface area is 198 Å². The zero-order valence-electron chi connectivity index (χ0n) is 20.2. The first-order valence-corrected chi connectivity index (χ1v) is 12.3. The highest BCUT2D eigenvalue weighted by atomic mass is 16.5. The maximum Gasteiger partial charge on any atom is 0.239 e. The van der Waals surface area contributed by atoms with Crippen LogP contribution in [0.15, 0.2) is 54.6 Å². The number of benzene rings is 2. The Kier molecular flexibility index (Phi) is 8.37. The van der Waals surface area contributed by atoms with Gasteiger partial charge < -0.3 is 14.5 Å². The molecule has 0 aliphatic carbocycles. The summed E-state index contributed by atoms with van der Waals surface area (Å²) < 4.78 is 5.49. The summed E-state index contributed by atoms with van der Waals surface area (Å²) >= 11 is 0. The van der Waals surface area contributed by atoms with Crippen LogP contribution in [0.2, 0.25) is 0 Å². The highest BCUT2D eigenvalue weighted by Gasteiger charge is 2.30. The van der Waals surface area contributed by atoms with Crippen molar-refractivity contribution in [3.8, 4) is 5.75 Å². The molecule has 0 spiro atoms. The maximum atomic E-state index is 13.2. The lowest BCUT2D eigenvalue weighted by atomic mass is 10.1. The third-order valence-corrected chi connectivity index (χ3v) is 7.14. The van der Waals surface area contributed by atoms with Gasteiger partial charge in [0.2, 0.25) is 5.91 Å². The van der Waals surface area contributed by atoms with Crippen LogP contribution >= 0.6 is 0 Å². The van der Waals surface area contributed by atoms with Crippen LogP contribution in [-0.2, 0) is 17.8 Å². The van der Waals surface area contributed by atoms with Gasteiger partial charge in [0.05, 0.1) is 13.2 Å². The van der Waals surface area contributed by atoms with Crippen molar-refractivity contribution < 1.29 is 9.53 Å². The summed E-state index contributed by atoms with van der Waals surface area (Å²) in [5.74, 6) is 1.22. The van der Waals surface area contributed by atoms with E-state index in [4.69, 9.17) is 4.74 Å². The van der Waals surface area contributed by atoms with Crippen LogP contribution in [0.1, 0.15) is 18.1 Å². The molecular formula is C27H38N4O2. The quantitative estimate of drug-likeness (QED) is 0.618. The molecule has 2 aliphatic heterocycles. The van der Waals surface area contributed by atoms with Crippen molar-refractivity contribution in [2.24, 2.45) is 0 Å². The Morgan fingerprint density at radius 3 is 2.18 bits per heavy atom. The van der Waals surface area contributed by atoms with Crippen molar-refractivity contribution in [2.75, 3.05) is 66.0 Å². The van der Waals surface area contributed by atoms with Crippen molar-refractivity contribution >= 4 is 5.91 Å². The van der Waals surface area contributed by atoms with Crippen LogP contribution in [-0.4, -0.2) is 97.6 Å². The highest BCUT2D eigenvalue weighted by molar-refractivity contribution is 5.81. The van der Waals surface area contributed by atoms with Gasteiger partial charge in [0.15, 0.2) is 0 Å². The van der Waals surface area contributed by atoms with Gasteiger partial charge in [-0.3, -0.25) is 14.6 Å². The summed E-state index contributed by atoms with van der Waals surface area (Å²) in [7, 11) is 1.72. The van der Waals surface area contributed by atoms with E-state index < -0.39 is 0 Å². The first-order chi connectivity index (χ1) is 16.1. The molecule has 2 heterocycles. The third kappa shape index (κ3) is 6.34. The number of hydrogen-bond acceptors (Lipinski definition) is 5. The van der Waals surface area contributed by atoms with E-state index in [0.29, 0.717) is 0 Å². The maximum absolute atomic E-state index is 13.2. The standard InChI is InChI=1S/C27H38N4O2/c1-23(30-18-14-28(15-19-30)13-12-24-8-4-3-5-9-24)27(32)31-20-16-29(17-21-31)22-25-10-6-7-11-26(25)33-2/h3-11,23H,12-22H2,1-2H3. The lowest BCUT2D eigenvalue weighted by Crippen LogP contribution is -2.57. The van der Waals surface area contributed by atoms with E-state index in [0.717, 1.165) is 77.6 Å². The predicted octanol–water partition coefficient (Wildman–Crippen LogP) is 2.59. The third-order valence-electron chi connectivity index (χ3n) is 7.14. The summed E-state index contributed by atoms with van der Waals surface area (Å²) in [5.41, 5.74) is 2.60. The van der Waals surface area contributed by atoms with Crippen LogP contribution < -0.4 is 4.74 Å². The Morgan fingerprint density at radius 1 is 0.848 bits per heavy atom. The van der Waals surface area contributed by atoms with Gasteiger partial charge in [0.25, 0.3) is 0 Å². The molecule has 33 heavy (non-hydrogen) atoms. The number of ether oxygens (including phenoxy) is 1. The fourth-order valence-corrected chi connectivity index (χ4v) is 4.93. The molecular weight excluding hydrogens is 412 g/mol.